The molecule has 0 aliphatic carbocycles. The SMILES string of the molecule is CC(O)(CCc1ccc(Cl)cc1)[C@@H]1COCCN1C(=O)O. The Morgan fingerprint density at radius 2 is 2.14 bits per heavy atom. The van der Waals surface area contributed by atoms with Crippen LogP contribution in [0.4, 0.5) is 4.79 Å². The second-order valence-corrected chi connectivity index (χ2v) is 5.99. The van der Waals surface area contributed by atoms with E-state index in [4.69, 9.17) is 16.3 Å². The Hall–Kier alpha value is -1.30. The van der Waals surface area contributed by atoms with Crippen LogP contribution in [0.3, 0.4) is 0 Å². The molecule has 0 radical (unpaired) electrons. The summed E-state index contributed by atoms with van der Waals surface area (Å²) >= 11 is 5.84. The van der Waals surface area contributed by atoms with E-state index in [1.54, 1.807) is 19.1 Å². The van der Waals surface area contributed by atoms with Crippen LogP contribution in [0.25, 0.3) is 0 Å². The molecule has 1 aliphatic heterocycles. The summed E-state index contributed by atoms with van der Waals surface area (Å²) in [6, 6.07) is 6.88. The van der Waals surface area contributed by atoms with Gasteiger partial charge in [-0.1, -0.05) is 23.7 Å². The van der Waals surface area contributed by atoms with E-state index < -0.39 is 17.7 Å². The number of benzene rings is 1. The highest BCUT2D eigenvalue weighted by Crippen LogP contribution is 2.25. The molecule has 1 aromatic carbocycles. The van der Waals surface area contributed by atoms with Crippen molar-refractivity contribution in [3.8, 4) is 0 Å². The second-order valence-electron chi connectivity index (χ2n) is 5.55. The average molecular weight is 314 g/mol. The van der Waals surface area contributed by atoms with E-state index in [0.717, 1.165) is 5.56 Å². The predicted octanol–water partition coefficient (Wildman–Crippen LogP) is 2.40. The van der Waals surface area contributed by atoms with Crippen molar-refractivity contribution in [2.75, 3.05) is 19.8 Å². The molecule has 2 N–H and O–H groups in total. The number of nitrogens with zero attached hydrogens (tertiary/aromatic N) is 1. The van der Waals surface area contributed by atoms with Crippen LogP contribution in [-0.2, 0) is 11.2 Å². The highest BCUT2D eigenvalue weighted by Gasteiger charge is 2.40. The zero-order valence-corrected chi connectivity index (χ0v) is 12.7. The van der Waals surface area contributed by atoms with Crippen molar-refractivity contribution in [3.05, 3.63) is 34.9 Å². The van der Waals surface area contributed by atoms with Crippen molar-refractivity contribution in [2.24, 2.45) is 0 Å². The second kappa shape index (κ2) is 6.64. The summed E-state index contributed by atoms with van der Waals surface area (Å²) < 4.78 is 5.33. The summed E-state index contributed by atoms with van der Waals surface area (Å²) in [5.74, 6) is 0. The number of amides is 1. The van der Waals surface area contributed by atoms with Crippen LogP contribution in [0, 0.1) is 0 Å². The lowest BCUT2D eigenvalue weighted by Gasteiger charge is -2.42. The Morgan fingerprint density at radius 1 is 1.48 bits per heavy atom. The fraction of sp³-hybridized carbons (Fsp3) is 0.533. The quantitative estimate of drug-likeness (QED) is 0.895. The number of aryl methyl sites for hydroxylation is 1. The molecule has 2 rings (SSSR count). The van der Waals surface area contributed by atoms with Gasteiger partial charge in [-0.2, -0.15) is 0 Å². The Bertz CT molecular complexity index is 489. The van der Waals surface area contributed by atoms with Gasteiger partial charge in [0, 0.05) is 11.6 Å². The number of carbonyl (C=O) groups is 1. The molecule has 1 fully saturated rings. The molecule has 2 atom stereocenters. The van der Waals surface area contributed by atoms with Gasteiger partial charge in [0.15, 0.2) is 0 Å². The van der Waals surface area contributed by atoms with Gasteiger partial charge in [-0.05, 0) is 37.5 Å². The van der Waals surface area contributed by atoms with Crippen molar-refractivity contribution in [2.45, 2.75) is 31.4 Å². The molecule has 0 saturated carbocycles. The van der Waals surface area contributed by atoms with Crippen LogP contribution in [0.1, 0.15) is 18.9 Å². The molecular formula is C15H20ClNO4. The highest BCUT2D eigenvalue weighted by molar-refractivity contribution is 6.30. The molecule has 1 unspecified atom stereocenters. The first-order chi connectivity index (χ1) is 9.90. The van der Waals surface area contributed by atoms with E-state index in [-0.39, 0.29) is 13.2 Å². The Labute approximate surface area is 129 Å². The summed E-state index contributed by atoms with van der Waals surface area (Å²) in [6.07, 6.45) is 0.0793. The molecular weight excluding hydrogens is 294 g/mol. The number of hydrogen-bond acceptors (Lipinski definition) is 3. The van der Waals surface area contributed by atoms with Crippen molar-refractivity contribution in [1.29, 1.82) is 0 Å². The van der Waals surface area contributed by atoms with E-state index in [1.807, 2.05) is 12.1 Å². The minimum atomic E-state index is -1.14. The van der Waals surface area contributed by atoms with Gasteiger partial charge in [0.1, 0.15) is 0 Å². The molecule has 1 amide bonds. The summed E-state index contributed by atoms with van der Waals surface area (Å²) in [7, 11) is 0. The van der Waals surface area contributed by atoms with E-state index in [0.29, 0.717) is 24.5 Å². The van der Waals surface area contributed by atoms with E-state index in [1.165, 1.54) is 4.90 Å². The molecule has 1 aromatic rings. The largest absolute Gasteiger partial charge is 0.465 e. The molecule has 21 heavy (non-hydrogen) atoms. The lowest BCUT2D eigenvalue weighted by molar-refractivity contribution is -0.0960. The van der Waals surface area contributed by atoms with Gasteiger partial charge >= 0.3 is 6.09 Å². The molecule has 6 heteroatoms. The topological polar surface area (TPSA) is 70.0 Å². The molecule has 0 aromatic heterocycles. The van der Waals surface area contributed by atoms with E-state index >= 15 is 0 Å². The first-order valence-electron chi connectivity index (χ1n) is 6.94. The minimum absolute atomic E-state index is 0.222. The summed E-state index contributed by atoms with van der Waals surface area (Å²) in [5.41, 5.74) is -0.0865. The standard InChI is InChI=1S/C15H20ClNO4/c1-15(20,7-6-11-2-4-12(16)5-3-11)13-10-21-9-8-17(13)14(18)19/h2-5,13,20H,6-10H2,1H3,(H,18,19)/t13-,15?/m0/s1. The fourth-order valence-corrected chi connectivity index (χ4v) is 2.69. The Kier molecular flexibility index (Phi) is 5.08. The first-order valence-corrected chi connectivity index (χ1v) is 7.32. The van der Waals surface area contributed by atoms with Crippen LogP contribution in [-0.4, -0.2) is 52.6 Å². The van der Waals surface area contributed by atoms with Crippen molar-refractivity contribution < 1.29 is 19.7 Å². The maximum absolute atomic E-state index is 11.3. The average Bonchev–Trinajstić information content (AvgIpc) is 2.47. The minimum Gasteiger partial charge on any atom is -0.465 e. The van der Waals surface area contributed by atoms with Crippen LogP contribution >= 0.6 is 11.6 Å². The number of halogens is 1. The third-order valence-corrected chi connectivity index (χ3v) is 4.18. The number of carboxylic acid groups (broad SMARTS) is 1. The maximum Gasteiger partial charge on any atom is 0.407 e. The van der Waals surface area contributed by atoms with Crippen LogP contribution in [0.2, 0.25) is 5.02 Å². The monoisotopic (exact) mass is 313 g/mol. The number of rotatable bonds is 4. The maximum atomic E-state index is 11.3. The molecule has 0 bridgehead atoms. The lowest BCUT2D eigenvalue weighted by Crippen LogP contribution is -2.59. The van der Waals surface area contributed by atoms with Gasteiger partial charge in [0.25, 0.3) is 0 Å². The van der Waals surface area contributed by atoms with Gasteiger partial charge in [0.05, 0.1) is 24.9 Å². The Morgan fingerprint density at radius 3 is 2.76 bits per heavy atom. The van der Waals surface area contributed by atoms with Gasteiger partial charge in [-0.3, -0.25) is 4.90 Å². The zero-order chi connectivity index (χ0) is 15.5. The van der Waals surface area contributed by atoms with Gasteiger partial charge < -0.3 is 14.9 Å². The number of aliphatic hydroxyl groups is 1. The van der Waals surface area contributed by atoms with Gasteiger partial charge in [-0.25, -0.2) is 4.79 Å². The Balaban J connectivity index is 2.02. The van der Waals surface area contributed by atoms with Crippen LogP contribution in [0.5, 0.6) is 0 Å². The highest BCUT2D eigenvalue weighted by atomic mass is 35.5. The third-order valence-electron chi connectivity index (χ3n) is 3.93. The van der Waals surface area contributed by atoms with E-state index in [2.05, 4.69) is 0 Å². The first kappa shape index (κ1) is 16.1. The molecule has 0 spiro atoms. The third kappa shape index (κ3) is 4.09. The van der Waals surface area contributed by atoms with E-state index in [9.17, 15) is 15.0 Å². The lowest BCUT2D eigenvalue weighted by atomic mass is 9.88. The summed E-state index contributed by atoms with van der Waals surface area (Å²) in [6.45, 7) is 2.55. The number of morpholine rings is 1. The van der Waals surface area contributed by atoms with Crippen molar-refractivity contribution in [3.63, 3.8) is 0 Å². The normalized spacial score (nSPS) is 21.9. The number of hydrogen-bond donors (Lipinski definition) is 2. The van der Waals surface area contributed by atoms with Crippen molar-refractivity contribution in [1.82, 2.24) is 4.90 Å². The molecule has 116 valence electrons. The predicted molar refractivity (Wildman–Crippen MR) is 79.7 cm³/mol. The summed E-state index contributed by atoms with van der Waals surface area (Å²) in [5, 5.41) is 20.6. The summed E-state index contributed by atoms with van der Waals surface area (Å²) in [4.78, 5) is 12.5. The van der Waals surface area contributed by atoms with Gasteiger partial charge in [0.2, 0.25) is 0 Å². The fourth-order valence-electron chi connectivity index (χ4n) is 2.56. The number of ether oxygens (including phenoxy) is 1. The molecule has 1 aliphatic rings. The smallest absolute Gasteiger partial charge is 0.407 e. The van der Waals surface area contributed by atoms with Crippen molar-refractivity contribution >= 4 is 17.7 Å². The molecule has 1 saturated heterocycles. The van der Waals surface area contributed by atoms with Crippen LogP contribution in [0.15, 0.2) is 24.3 Å². The van der Waals surface area contributed by atoms with Crippen LogP contribution < -0.4 is 0 Å². The zero-order valence-electron chi connectivity index (χ0n) is 12.0. The molecule has 5 nitrogen and oxygen atoms in total. The van der Waals surface area contributed by atoms with Gasteiger partial charge in [-0.15, -0.1) is 0 Å². The molecule has 1 heterocycles.